The second kappa shape index (κ2) is 7.30. The lowest BCUT2D eigenvalue weighted by atomic mass is 9.98. The van der Waals surface area contributed by atoms with Gasteiger partial charge in [0.2, 0.25) is 0 Å². The van der Waals surface area contributed by atoms with Gasteiger partial charge in [0.15, 0.2) is 9.84 Å². The highest BCUT2D eigenvalue weighted by Gasteiger charge is 2.42. The number of benzene rings is 1. The normalized spacial score (nSPS) is 17.5. The third-order valence-corrected chi connectivity index (χ3v) is 7.19. The second-order valence-corrected chi connectivity index (χ2v) is 9.26. The molecule has 0 saturated carbocycles. The summed E-state index contributed by atoms with van der Waals surface area (Å²) in [7, 11) is -3.19. The van der Waals surface area contributed by atoms with Gasteiger partial charge in [0.05, 0.1) is 10.3 Å². The summed E-state index contributed by atoms with van der Waals surface area (Å²) in [5.41, 5.74) is 2.93. The number of anilines is 1. The number of hydrogen-bond donors (Lipinski definition) is 1. The Balaban J connectivity index is 1.93. The summed E-state index contributed by atoms with van der Waals surface area (Å²) in [6, 6.07) is 10.0. The fraction of sp³-hybridized carbons (Fsp3) is 0.526. The Morgan fingerprint density at radius 3 is 2.64 bits per heavy atom. The predicted molar refractivity (Wildman–Crippen MR) is 102 cm³/mol. The van der Waals surface area contributed by atoms with Crippen LogP contribution in [0.3, 0.4) is 0 Å². The second-order valence-electron chi connectivity index (χ2n) is 6.85. The summed E-state index contributed by atoms with van der Waals surface area (Å²) in [6.07, 6.45) is 4.33. The highest BCUT2D eigenvalue weighted by molar-refractivity contribution is 7.92. The molecule has 1 N–H and O–H groups in total. The van der Waals surface area contributed by atoms with Gasteiger partial charge in [-0.1, -0.05) is 31.5 Å². The van der Waals surface area contributed by atoms with Crippen molar-refractivity contribution in [2.24, 2.45) is 0 Å². The fourth-order valence-electron chi connectivity index (χ4n) is 3.44. The van der Waals surface area contributed by atoms with Crippen LogP contribution in [0.4, 0.5) is 5.69 Å². The number of para-hydroxylation sites is 1. The molecular formula is C19H26N2O3S. The van der Waals surface area contributed by atoms with Crippen LogP contribution in [0.25, 0.3) is 10.9 Å². The summed E-state index contributed by atoms with van der Waals surface area (Å²) < 4.78 is 29.5. The lowest BCUT2D eigenvalue weighted by molar-refractivity contribution is 0.0777. The number of hydrogen-bond acceptors (Lipinski definition) is 5. The lowest BCUT2D eigenvalue weighted by Crippen LogP contribution is -2.48. The van der Waals surface area contributed by atoms with Crippen molar-refractivity contribution in [3.63, 3.8) is 0 Å². The van der Waals surface area contributed by atoms with Crippen molar-refractivity contribution in [1.82, 2.24) is 4.98 Å². The van der Waals surface area contributed by atoms with Crippen molar-refractivity contribution in [2.45, 2.75) is 37.4 Å². The molecule has 136 valence electrons. The van der Waals surface area contributed by atoms with Gasteiger partial charge < -0.3 is 10.1 Å². The van der Waals surface area contributed by atoms with Gasteiger partial charge in [-0.3, -0.25) is 4.98 Å². The maximum atomic E-state index is 12.5. The van der Waals surface area contributed by atoms with Gasteiger partial charge >= 0.3 is 0 Å². The number of sulfone groups is 1. The van der Waals surface area contributed by atoms with Gasteiger partial charge in [-0.2, -0.15) is 0 Å². The molecule has 1 aromatic carbocycles. The van der Waals surface area contributed by atoms with Crippen LogP contribution in [-0.4, -0.2) is 44.2 Å². The first-order chi connectivity index (χ1) is 12.0. The quantitative estimate of drug-likeness (QED) is 0.855. The van der Waals surface area contributed by atoms with Crippen molar-refractivity contribution in [3.05, 3.63) is 36.0 Å². The molecule has 0 bridgehead atoms. The zero-order valence-corrected chi connectivity index (χ0v) is 15.7. The third-order valence-electron chi connectivity index (χ3n) is 5.07. The molecule has 1 fully saturated rings. The van der Waals surface area contributed by atoms with Crippen LogP contribution in [0.1, 0.15) is 31.9 Å². The van der Waals surface area contributed by atoms with Crippen LogP contribution in [0.2, 0.25) is 0 Å². The molecule has 25 heavy (non-hydrogen) atoms. The molecule has 0 aliphatic carbocycles. The average molecular weight is 362 g/mol. The number of ether oxygens (including phenoxy) is 1. The Bertz CT molecular complexity index is 843. The van der Waals surface area contributed by atoms with E-state index in [2.05, 4.69) is 18.3 Å². The number of aromatic nitrogens is 1. The van der Waals surface area contributed by atoms with E-state index in [1.54, 1.807) is 0 Å². The Morgan fingerprint density at radius 2 is 1.96 bits per heavy atom. The van der Waals surface area contributed by atoms with Crippen LogP contribution >= 0.6 is 0 Å². The maximum absolute atomic E-state index is 12.5. The van der Waals surface area contributed by atoms with Crippen molar-refractivity contribution < 1.29 is 13.2 Å². The summed E-state index contributed by atoms with van der Waals surface area (Å²) in [5.74, 6) is 0. The van der Waals surface area contributed by atoms with E-state index in [-0.39, 0.29) is 0 Å². The Kier molecular flexibility index (Phi) is 5.29. The largest absolute Gasteiger partial charge is 0.383 e. The Labute approximate surface area is 149 Å². The lowest BCUT2D eigenvalue weighted by Gasteiger charge is -2.35. The summed E-state index contributed by atoms with van der Waals surface area (Å²) in [5, 5.41) is 4.45. The van der Waals surface area contributed by atoms with E-state index in [9.17, 15) is 8.42 Å². The molecule has 6 heteroatoms. The molecule has 1 saturated heterocycles. The van der Waals surface area contributed by atoms with Crippen molar-refractivity contribution >= 4 is 26.4 Å². The molecule has 2 aromatic rings. The Morgan fingerprint density at radius 1 is 1.24 bits per heavy atom. The van der Waals surface area contributed by atoms with Crippen LogP contribution in [0.15, 0.2) is 30.3 Å². The predicted octanol–water partition coefficient (Wildman–Crippen LogP) is 3.19. The molecule has 0 spiro atoms. The number of nitrogens with one attached hydrogen (secondary N) is 1. The monoisotopic (exact) mass is 362 g/mol. The molecule has 0 radical (unpaired) electrons. The minimum Gasteiger partial charge on any atom is -0.383 e. The standard InChI is InChI=1S/C19H26N2O3S/c1-3-6-15-13-18(16-7-4-5-8-17(16)21-15)20-14-19(25(2,22)23)9-11-24-12-10-19/h4-5,7-8,13H,3,6,9-12,14H2,1-2H3,(H,20,21). The van der Waals surface area contributed by atoms with E-state index >= 15 is 0 Å². The van der Waals surface area contributed by atoms with Gasteiger partial charge in [0.1, 0.15) is 0 Å². The van der Waals surface area contributed by atoms with E-state index in [1.165, 1.54) is 6.26 Å². The molecule has 1 aliphatic heterocycles. The van der Waals surface area contributed by atoms with Gasteiger partial charge in [0, 0.05) is 42.8 Å². The molecular weight excluding hydrogens is 336 g/mol. The molecule has 0 amide bonds. The van der Waals surface area contributed by atoms with Gasteiger partial charge in [-0.05, 0) is 31.4 Å². The third kappa shape index (κ3) is 3.80. The van der Waals surface area contributed by atoms with E-state index < -0.39 is 14.6 Å². The fourth-order valence-corrected chi connectivity index (χ4v) is 4.68. The number of rotatable bonds is 6. The number of fused-ring (bicyclic) bond motifs is 1. The molecule has 0 unspecified atom stereocenters. The van der Waals surface area contributed by atoms with Gasteiger partial charge in [-0.15, -0.1) is 0 Å². The molecule has 1 aromatic heterocycles. The van der Waals surface area contributed by atoms with Gasteiger partial charge in [-0.25, -0.2) is 8.42 Å². The minimum absolute atomic E-state index is 0.398. The summed E-state index contributed by atoms with van der Waals surface area (Å²) in [6.45, 7) is 3.51. The minimum atomic E-state index is -3.19. The number of nitrogens with zero attached hydrogens (tertiary/aromatic N) is 1. The maximum Gasteiger partial charge on any atom is 0.155 e. The first-order valence-electron chi connectivity index (χ1n) is 8.85. The molecule has 3 rings (SSSR count). The number of pyridine rings is 1. The van der Waals surface area contributed by atoms with Gasteiger partial charge in [0.25, 0.3) is 0 Å². The zero-order valence-electron chi connectivity index (χ0n) is 14.9. The highest BCUT2D eigenvalue weighted by Crippen LogP contribution is 2.31. The topological polar surface area (TPSA) is 68.3 Å². The van der Waals surface area contributed by atoms with Crippen LogP contribution in [0.5, 0.6) is 0 Å². The van der Waals surface area contributed by atoms with E-state index in [0.717, 1.165) is 35.1 Å². The zero-order chi connectivity index (χ0) is 17.9. The van der Waals surface area contributed by atoms with Crippen LogP contribution in [-0.2, 0) is 21.0 Å². The van der Waals surface area contributed by atoms with Crippen LogP contribution in [0, 0.1) is 0 Å². The first-order valence-corrected chi connectivity index (χ1v) is 10.7. The van der Waals surface area contributed by atoms with Crippen molar-refractivity contribution in [1.29, 1.82) is 0 Å². The summed E-state index contributed by atoms with van der Waals surface area (Å²) in [4.78, 5) is 4.71. The summed E-state index contributed by atoms with van der Waals surface area (Å²) >= 11 is 0. The molecule has 1 aliphatic rings. The average Bonchev–Trinajstić information content (AvgIpc) is 2.60. The van der Waals surface area contributed by atoms with E-state index in [4.69, 9.17) is 9.72 Å². The first kappa shape index (κ1) is 18.1. The van der Waals surface area contributed by atoms with Crippen LogP contribution < -0.4 is 5.32 Å². The highest BCUT2D eigenvalue weighted by atomic mass is 32.2. The SMILES string of the molecule is CCCc1cc(NCC2(S(C)(=O)=O)CCOCC2)c2ccccc2n1. The van der Waals surface area contributed by atoms with Crippen molar-refractivity contribution in [3.8, 4) is 0 Å². The van der Waals surface area contributed by atoms with E-state index in [1.807, 2.05) is 24.3 Å². The smallest absolute Gasteiger partial charge is 0.155 e. The van der Waals surface area contributed by atoms with Crippen molar-refractivity contribution in [2.75, 3.05) is 31.3 Å². The molecule has 2 heterocycles. The molecule has 0 atom stereocenters. The number of aryl methyl sites for hydroxylation is 1. The molecule has 5 nitrogen and oxygen atoms in total. The van der Waals surface area contributed by atoms with E-state index in [0.29, 0.717) is 32.6 Å². The Hall–Kier alpha value is -1.66.